The van der Waals surface area contributed by atoms with Crippen molar-refractivity contribution in [2.75, 3.05) is 6.54 Å². The van der Waals surface area contributed by atoms with Gasteiger partial charge < -0.3 is 15.0 Å². The Labute approximate surface area is 115 Å². The van der Waals surface area contributed by atoms with Crippen LogP contribution in [0.4, 0.5) is 0 Å². The zero-order chi connectivity index (χ0) is 13.8. The molecule has 1 heterocycles. The third-order valence-corrected chi connectivity index (χ3v) is 3.18. The molecule has 0 aliphatic heterocycles. The van der Waals surface area contributed by atoms with Crippen LogP contribution in [0.25, 0.3) is 10.9 Å². The quantitative estimate of drug-likeness (QED) is 0.838. The van der Waals surface area contributed by atoms with Crippen LogP contribution in [0.5, 0.6) is 0 Å². The highest BCUT2D eigenvalue weighted by atomic mass is 16.3. The van der Waals surface area contributed by atoms with E-state index in [1.165, 1.54) is 16.5 Å². The summed E-state index contributed by atoms with van der Waals surface area (Å²) in [6, 6.07) is 8.64. The molecule has 0 aliphatic rings. The Kier molecular flexibility index (Phi) is 4.61. The van der Waals surface area contributed by atoms with Crippen LogP contribution in [0.3, 0.4) is 0 Å². The summed E-state index contributed by atoms with van der Waals surface area (Å²) in [6.07, 6.45) is 1.73. The number of benzene rings is 1. The normalized spacial score (nSPS) is 13.3. The third-order valence-electron chi connectivity index (χ3n) is 3.18. The summed E-state index contributed by atoms with van der Waals surface area (Å²) in [5, 5.41) is 14.2. The van der Waals surface area contributed by atoms with Crippen molar-refractivity contribution >= 4 is 10.9 Å². The minimum atomic E-state index is -0.317. The van der Waals surface area contributed by atoms with Crippen molar-refractivity contribution in [3.8, 4) is 0 Å². The molecule has 2 N–H and O–H groups in total. The third kappa shape index (κ3) is 3.82. The molecule has 0 spiro atoms. The van der Waals surface area contributed by atoms with Crippen molar-refractivity contribution in [3.63, 3.8) is 0 Å². The molecule has 2 aromatic rings. The van der Waals surface area contributed by atoms with Gasteiger partial charge in [0.15, 0.2) is 0 Å². The molecule has 1 atom stereocenters. The highest BCUT2D eigenvalue weighted by Gasteiger charge is 2.04. The lowest BCUT2D eigenvalue weighted by atomic mass is 10.1. The number of fused-ring (bicyclic) bond motifs is 1. The van der Waals surface area contributed by atoms with E-state index in [1.807, 2.05) is 13.1 Å². The van der Waals surface area contributed by atoms with Gasteiger partial charge in [-0.25, -0.2) is 0 Å². The Hall–Kier alpha value is -1.32. The van der Waals surface area contributed by atoms with Crippen LogP contribution >= 0.6 is 0 Å². The molecule has 2 rings (SSSR count). The van der Waals surface area contributed by atoms with Crippen molar-refractivity contribution in [3.05, 3.63) is 36.0 Å². The fraction of sp³-hybridized carbons (Fsp3) is 0.500. The molecule has 1 aromatic heterocycles. The first-order valence-electron chi connectivity index (χ1n) is 7.03. The van der Waals surface area contributed by atoms with Crippen LogP contribution in [-0.4, -0.2) is 22.3 Å². The molecule has 0 saturated carbocycles. The van der Waals surface area contributed by atoms with E-state index in [1.54, 1.807) is 0 Å². The molecule has 0 amide bonds. The molecule has 0 radical (unpaired) electrons. The van der Waals surface area contributed by atoms with E-state index in [9.17, 15) is 5.11 Å². The van der Waals surface area contributed by atoms with Gasteiger partial charge in [0.05, 0.1) is 6.10 Å². The molecule has 1 aromatic carbocycles. The summed E-state index contributed by atoms with van der Waals surface area (Å²) in [5.74, 6) is 0.677. The number of aliphatic hydroxyl groups is 1. The van der Waals surface area contributed by atoms with Gasteiger partial charge in [-0.1, -0.05) is 19.9 Å². The van der Waals surface area contributed by atoms with E-state index in [4.69, 9.17) is 0 Å². The van der Waals surface area contributed by atoms with Gasteiger partial charge in [0.2, 0.25) is 0 Å². The SMILES string of the molecule is CC(C)CNCc1ccc2c(ccn2CC(C)O)c1. The smallest absolute Gasteiger partial charge is 0.0691 e. The van der Waals surface area contributed by atoms with E-state index in [0.717, 1.165) is 13.1 Å². The average Bonchev–Trinajstić information content (AvgIpc) is 2.71. The Bertz CT molecular complexity index is 529. The molecule has 0 fully saturated rings. The Morgan fingerprint density at radius 1 is 1.21 bits per heavy atom. The summed E-state index contributed by atoms with van der Waals surface area (Å²) in [6.45, 7) is 8.85. The van der Waals surface area contributed by atoms with Crippen molar-refractivity contribution in [1.29, 1.82) is 0 Å². The first kappa shape index (κ1) is 14.1. The lowest BCUT2D eigenvalue weighted by Crippen LogP contribution is -2.18. The molecular weight excluding hydrogens is 236 g/mol. The van der Waals surface area contributed by atoms with Crippen molar-refractivity contribution in [1.82, 2.24) is 9.88 Å². The second-order valence-corrected chi connectivity index (χ2v) is 5.74. The van der Waals surface area contributed by atoms with E-state index >= 15 is 0 Å². The predicted molar refractivity (Wildman–Crippen MR) is 80.2 cm³/mol. The lowest BCUT2D eigenvalue weighted by molar-refractivity contribution is 0.175. The van der Waals surface area contributed by atoms with Crippen LogP contribution in [0.1, 0.15) is 26.3 Å². The number of aromatic nitrogens is 1. The highest BCUT2D eigenvalue weighted by Crippen LogP contribution is 2.18. The van der Waals surface area contributed by atoms with E-state index < -0.39 is 0 Å². The molecule has 0 bridgehead atoms. The first-order chi connectivity index (χ1) is 9.06. The molecule has 0 saturated heterocycles. The molecule has 1 unspecified atom stereocenters. The van der Waals surface area contributed by atoms with Crippen LogP contribution < -0.4 is 5.32 Å². The summed E-state index contributed by atoms with van der Waals surface area (Å²) in [7, 11) is 0. The van der Waals surface area contributed by atoms with Crippen molar-refractivity contribution < 1.29 is 5.11 Å². The van der Waals surface area contributed by atoms with Crippen LogP contribution in [0.2, 0.25) is 0 Å². The fourth-order valence-electron chi connectivity index (χ4n) is 2.31. The molecule has 104 valence electrons. The number of rotatable bonds is 6. The second kappa shape index (κ2) is 6.22. The first-order valence-corrected chi connectivity index (χ1v) is 7.03. The Balaban J connectivity index is 2.09. The van der Waals surface area contributed by atoms with Gasteiger partial charge in [-0.15, -0.1) is 0 Å². The summed E-state index contributed by atoms with van der Waals surface area (Å²) >= 11 is 0. The molecule has 3 heteroatoms. The van der Waals surface area contributed by atoms with Gasteiger partial charge in [0, 0.05) is 24.8 Å². The molecule has 0 aliphatic carbocycles. The van der Waals surface area contributed by atoms with Crippen LogP contribution in [0.15, 0.2) is 30.5 Å². The number of hydrogen-bond donors (Lipinski definition) is 2. The monoisotopic (exact) mass is 260 g/mol. The lowest BCUT2D eigenvalue weighted by Gasteiger charge is -2.09. The van der Waals surface area contributed by atoms with Crippen molar-refractivity contribution in [2.45, 2.75) is 40.0 Å². The Morgan fingerprint density at radius 3 is 2.68 bits per heavy atom. The maximum Gasteiger partial charge on any atom is 0.0691 e. The van der Waals surface area contributed by atoms with Crippen molar-refractivity contribution in [2.24, 2.45) is 5.92 Å². The number of nitrogens with zero attached hydrogens (tertiary/aromatic N) is 1. The number of aliphatic hydroxyl groups excluding tert-OH is 1. The maximum atomic E-state index is 9.48. The minimum Gasteiger partial charge on any atom is -0.392 e. The van der Waals surface area contributed by atoms with Gasteiger partial charge in [-0.2, -0.15) is 0 Å². The standard InChI is InChI=1S/C16H24N2O/c1-12(2)9-17-10-14-4-5-16-15(8-14)6-7-18(16)11-13(3)19/h4-8,12-13,17,19H,9-11H2,1-3H3. The molecular formula is C16H24N2O. The molecule has 19 heavy (non-hydrogen) atoms. The topological polar surface area (TPSA) is 37.2 Å². The zero-order valence-electron chi connectivity index (χ0n) is 12.1. The van der Waals surface area contributed by atoms with Gasteiger partial charge in [0.1, 0.15) is 0 Å². The maximum absolute atomic E-state index is 9.48. The molecule has 3 nitrogen and oxygen atoms in total. The summed E-state index contributed by atoms with van der Waals surface area (Å²) < 4.78 is 2.10. The average molecular weight is 260 g/mol. The largest absolute Gasteiger partial charge is 0.392 e. The second-order valence-electron chi connectivity index (χ2n) is 5.74. The Morgan fingerprint density at radius 2 is 2.00 bits per heavy atom. The van der Waals surface area contributed by atoms with Gasteiger partial charge >= 0.3 is 0 Å². The highest BCUT2D eigenvalue weighted by molar-refractivity contribution is 5.80. The fourth-order valence-corrected chi connectivity index (χ4v) is 2.31. The number of hydrogen-bond acceptors (Lipinski definition) is 2. The number of nitrogens with one attached hydrogen (secondary N) is 1. The summed E-state index contributed by atoms with van der Waals surface area (Å²) in [4.78, 5) is 0. The van der Waals surface area contributed by atoms with Gasteiger partial charge in [0.25, 0.3) is 0 Å². The van der Waals surface area contributed by atoms with Crippen LogP contribution in [0, 0.1) is 5.92 Å². The minimum absolute atomic E-state index is 0.317. The van der Waals surface area contributed by atoms with Gasteiger partial charge in [-0.05, 0) is 48.5 Å². The van der Waals surface area contributed by atoms with E-state index in [0.29, 0.717) is 12.5 Å². The van der Waals surface area contributed by atoms with E-state index in [-0.39, 0.29) is 6.10 Å². The van der Waals surface area contributed by atoms with E-state index in [2.05, 4.69) is 48.0 Å². The van der Waals surface area contributed by atoms with Gasteiger partial charge in [-0.3, -0.25) is 0 Å². The predicted octanol–water partition coefficient (Wildman–Crippen LogP) is 2.77. The van der Waals surface area contributed by atoms with Crippen LogP contribution in [-0.2, 0) is 13.1 Å². The summed E-state index contributed by atoms with van der Waals surface area (Å²) in [5.41, 5.74) is 2.50. The zero-order valence-corrected chi connectivity index (χ0v) is 12.1.